The number of benzene rings is 3. The van der Waals surface area contributed by atoms with Crippen LogP contribution in [0, 0.1) is 0 Å². The van der Waals surface area contributed by atoms with E-state index in [9.17, 15) is 14.7 Å². The molecule has 3 aromatic carbocycles. The van der Waals surface area contributed by atoms with Crippen LogP contribution in [0.4, 0.5) is 0 Å². The number of carboxylic acids is 1. The lowest BCUT2D eigenvalue weighted by Crippen LogP contribution is -2.14. The Morgan fingerprint density at radius 3 is 2.00 bits per heavy atom. The molecule has 25 heavy (non-hydrogen) atoms. The van der Waals surface area contributed by atoms with Crippen molar-refractivity contribution in [3.63, 3.8) is 0 Å². The highest BCUT2D eigenvalue weighted by molar-refractivity contribution is 6.16. The molecule has 0 fully saturated rings. The molecule has 0 saturated heterocycles. The van der Waals surface area contributed by atoms with E-state index in [2.05, 4.69) is 0 Å². The molecule has 0 aliphatic carbocycles. The monoisotopic (exact) mass is 336 g/mol. The van der Waals surface area contributed by atoms with Gasteiger partial charge in [-0.25, -0.2) is 9.59 Å². The van der Waals surface area contributed by atoms with Crippen LogP contribution in [0.1, 0.15) is 20.7 Å². The topological polar surface area (TPSA) is 82.1 Å². The Labute approximate surface area is 142 Å². The Morgan fingerprint density at radius 1 is 0.840 bits per heavy atom. The molecule has 6 nitrogen and oxygen atoms in total. The standard InChI is InChI=1S/C19H12O6/c1-23-19(22)14-10-6-2-3-7-11(10)16-17(15(14)18(20)21)25-13-9-5-4-8-12(13)24-16/h2-9H,1H3,(H,20,21). The second-order valence-electron chi connectivity index (χ2n) is 5.40. The van der Waals surface area contributed by atoms with Crippen LogP contribution in [0.2, 0.25) is 0 Å². The van der Waals surface area contributed by atoms with Crippen molar-refractivity contribution in [2.75, 3.05) is 7.11 Å². The van der Waals surface area contributed by atoms with Crippen molar-refractivity contribution < 1.29 is 28.9 Å². The molecule has 124 valence electrons. The molecular weight excluding hydrogens is 324 g/mol. The number of carbonyl (C=O) groups excluding carboxylic acids is 1. The fourth-order valence-electron chi connectivity index (χ4n) is 2.94. The van der Waals surface area contributed by atoms with Crippen LogP contribution in [0.3, 0.4) is 0 Å². The minimum Gasteiger partial charge on any atom is -0.478 e. The molecule has 1 heterocycles. The van der Waals surface area contributed by atoms with Gasteiger partial charge in [-0.1, -0.05) is 36.4 Å². The van der Waals surface area contributed by atoms with Gasteiger partial charge in [0.05, 0.1) is 12.7 Å². The second kappa shape index (κ2) is 5.52. The maximum atomic E-state index is 12.3. The van der Waals surface area contributed by atoms with Gasteiger partial charge in [0.15, 0.2) is 23.0 Å². The average molecular weight is 336 g/mol. The molecule has 1 aliphatic rings. The third-order valence-electron chi connectivity index (χ3n) is 4.00. The zero-order chi connectivity index (χ0) is 17.6. The molecule has 1 aliphatic heterocycles. The first-order chi connectivity index (χ1) is 12.1. The normalized spacial score (nSPS) is 11.7. The maximum absolute atomic E-state index is 12.3. The van der Waals surface area contributed by atoms with Crippen molar-refractivity contribution in [1.29, 1.82) is 0 Å². The van der Waals surface area contributed by atoms with Gasteiger partial charge in [-0.3, -0.25) is 0 Å². The van der Waals surface area contributed by atoms with Gasteiger partial charge >= 0.3 is 11.9 Å². The summed E-state index contributed by atoms with van der Waals surface area (Å²) in [6.07, 6.45) is 0. The largest absolute Gasteiger partial charge is 0.478 e. The van der Waals surface area contributed by atoms with Crippen molar-refractivity contribution in [1.82, 2.24) is 0 Å². The summed E-state index contributed by atoms with van der Waals surface area (Å²) in [5.74, 6) is -0.945. The van der Waals surface area contributed by atoms with Crippen LogP contribution < -0.4 is 9.47 Å². The summed E-state index contributed by atoms with van der Waals surface area (Å²) in [6.45, 7) is 0. The van der Waals surface area contributed by atoms with Gasteiger partial charge in [0, 0.05) is 10.8 Å². The average Bonchev–Trinajstić information content (AvgIpc) is 2.64. The summed E-state index contributed by atoms with van der Waals surface area (Å²) >= 11 is 0. The summed E-state index contributed by atoms with van der Waals surface area (Å²) in [5, 5.41) is 10.7. The highest BCUT2D eigenvalue weighted by Crippen LogP contribution is 2.51. The van der Waals surface area contributed by atoms with Crippen molar-refractivity contribution in [3.05, 3.63) is 59.7 Å². The zero-order valence-corrected chi connectivity index (χ0v) is 13.1. The summed E-state index contributed by atoms with van der Waals surface area (Å²) < 4.78 is 16.5. The Bertz CT molecular complexity index is 1040. The summed E-state index contributed by atoms with van der Waals surface area (Å²) in [6, 6.07) is 13.8. The number of para-hydroxylation sites is 2. The number of fused-ring (bicyclic) bond motifs is 4. The number of hydrogen-bond donors (Lipinski definition) is 1. The number of hydrogen-bond acceptors (Lipinski definition) is 5. The van der Waals surface area contributed by atoms with Gasteiger partial charge in [0.1, 0.15) is 5.56 Å². The maximum Gasteiger partial charge on any atom is 0.340 e. The van der Waals surface area contributed by atoms with E-state index in [0.717, 1.165) is 0 Å². The zero-order valence-electron chi connectivity index (χ0n) is 13.1. The lowest BCUT2D eigenvalue weighted by Gasteiger charge is -2.24. The molecule has 0 unspecified atom stereocenters. The highest BCUT2D eigenvalue weighted by atomic mass is 16.6. The third kappa shape index (κ3) is 2.19. The Balaban J connectivity index is 2.13. The van der Waals surface area contributed by atoms with Crippen molar-refractivity contribution in [2.45, 2.75) is 0 Å². The predicted octanol–water partition coefficient (Wildman–Crippen LogP) is 4.22. The summed E-state index contributed by atoms with van der Waals surface area (Å²) in [5.41, 5.74) is -0.345. The van der Waals surface area contributed by atoms with Gasteiger partial charge in [-0.05, 0) is 12.1 Å². The fourth-order valence-corrected chi connectivity index (χ4v) is 2.94. The van der Waals surface area contributed by atoms with E-state index in [4.69, 9.17) is 14.2 Å². The van der Waals surface area contributed by atoms with E-state index >= 15 is 0 Å². The first kappa shape index (κ1) is 15.0. The lowest BCUT2D eigenvalue weighted by atomic mass is 9.96. The molecule has 0 spiro atoms. The van der Waals surface area contributed by atoms with Crippen molar-refractivity contribution in [2.24, 2.45) is 0 Å². The lowest BCUT2D eigenvalue weighted by molar-refractivity contribution is 0.0583. The molecular formula is C19H12O6. The molecule has 3 aromatic rings. The van der Waals surface area contributed by atoms with Gasteiger partial charge < -0.3 is 19.3 Å². The quantitative estimate of drug-likeness (QED) is 0.552. The SMILES string of the molecule is COC(=O)c1c(C(=O)O)c2c(c3ccccc13)Oc1ccccc1O2. The van der Waals surface area contributed by atoms with Crippen LogP contribution in [0.15, 0.2) is 48.5 Å². The van der Waals surface area contributed by atoms with E-state index in [1.165, 1.54) is 7.11 Å². The number of rotatable bonds is 2. The Morgan fingerprint density at radius 2 is 1.40 bits per heavy atom. The summed E-state index contributed by atoms with van der Waals surface area (Å²) in [4.78, 5) is 24.2. The molecule has 0 radical (unpaired) electrons. The fraction of sp³-hybridized carbons (Fsp3) is 0.0526. The van der Waals surface area contributed by atoms with Crippen LogP contribution in [-0.2, 0) is 4.74 Å². The van der Waals surface area contributed by atoms with E-state index in [-0.39, 0.29) is 22.6 Å². The minimum absolute atomic E-state index is 0.00898. The smallest absolute Gasteiger partial charge is 0.340 e. The molecule has 0 aromatic heterocycles. The summed E-state index contributed by atoms with van der Waals surface area (Å²) in [7, 11) is 1.20. The minimum atomic E-state index is -1.30. The Hall–Kier alpha value is -3.54. The number of aromatic carboxylic acids is 1. The number of esters is 1. The first-order valence-corrected chi connectivity index (χ1v) is 7.47. The molecule has 0 atom stereocenters. The predicted molar refractivity (Wildman–Crippen MR) is 88.8 cm³/mol. The number of carbonyl (C=O) groups is 2. The highest BCUT2D eigenvalue weighted by Gasteiger charge is 2.33. The number of methoxy groups -OCH3 is 1. The van der Waals surface area contributed by atoms with Crippen molar-refractivity contribution >= 4 is 22.7 Å². The molecule has 1 N–H and O–H groups in total. The number of carboxylic acid groups (broad SMARTS) is 1. The van der Waals surface area contributed by atoms with Crippen molar-refractivity contribution in [3.8, 4) is 23.0 Å². The molecule has 0 saturated carbocycles. The van der Waals surface area contributed by atoms with E-state index in [1.807, 2.05) is 0 Å². The van der Waals surface area contributed by atoms with Crippen LogP contribution in [0.5, 0.6) is 23.0 Å². The van der Waals surface area contributed by atoms with Gasteiger partial charge in [0.2, 0.25) is 0 Å². The number of ether oxygens (including phenoxy) is 3. The van der Waals surface area contributed by atoms with Crippen LogP contribution >= 0.6 is 0 Å². The second-order valence-corrected chi connectivity index (χ2v) is 5.40. The van der Waals surface area contributed by atoms with E-state index in [0.29, 0.717) is 22.3 Å². The van der Waals surface area contributed by atoms with Crippen LogP contribution in [-0.4, -0.2) is 24.2 Å². The molecule has 6 heteroatoms. The molecule has 0 amide bonds. The first-order valence-electron chi connectivity index (χ1n) is 7.47. The Kier molecular flexibility index (Phi) is 3.32. The van der Waals surface area contributed by atoms with Gasteiger partial charge in [-0.2, -0.15) is 0 Å². The third-order valence-corrected chi connectivity index (χ3v) is 4.00. The molecule has 0 bridgehead atoms. The molecule has 4 rings (SSSR count). The van der Waals surface area contributed by atoms with Crippen LogP contribution in [0.25, 0.3) is 10.8 Å². The van der Waals surface area contributed by atoms with Gasteiger partial charge in [0.25, 0.3) is 0 Å². The van der Waals surface area contributed by atoms with E-state index in [1.54, 1.807) is 48.5 Å². The van der Waals surface area contributed by atoms with E-state index < -0.39 is 11.9 Å². The van der Waals surface area contributed by atoms with Gasteiger partial charge in [-0.15, -0.1) is 0 Å².